The highest BCUT2D eigenvalue weighted by Gasteiger charge is 2.21. The highest BCUT2D eigenvalue weighted by atomic mass is 32.1. The van der Waals surface area contributed by atoms with Crippen LogP contribution in [0.4, 0.5) is 0 Å². The Bertz CT molecular complexity index is 745. The summed E-state index contributed by atoms with van der Waals surface area (Å²) in [5.41, 5.74) is 1.14. The predicted molar refractivity (Wildman–Crippen MR) is 77.5 cm³/mol. The summed E-state index contributed by atoms with van der Waals surface area (Å²) in [6.07, 6.45) is 4.58. The van der Waals surface area contributed by atoms with Crippen LogP contribution in [0.5, 0.6) is 0 Å². The fourth-order valence-electron chi connectivity index (χ4n) is 2.77. The van der Waals surface area contributed by atoms with E-state index in [0.29, 0.717) is 12.2 Å². The van der Waals surface area contributed by atoms with Crippen LogP contribution < -0.4 is 5.56 Å². The first kappa shape index (κ1) is 13.3. The molecule has 0 radical (unpaired) electrons. The minimum atomic E-state index is -0.871. The maximum atomic E-state index is 12.5. The second kappa shape index (κ2) is 5.01. The molecule has 1 aliphatic rings. The Kier molecular flexibility index (Phi) is 3.33. The quantitative estimate of drug-likeness (QED) is 0.937. The van der Waals surface area contributed by atoms with Crippen LogP contribution in [0.25, 0.3) is 10.2 Å². The molecule has 0 saturated heterocycles. The first-order valence-electron chi connectivity index (χ1n) is 6.80. The Hall–Kier alpha value is -1.69. The third-order valence-electron chi connectivity index (χ3n) is 3.85. The molecule has 3 rings (SSSR count). The van der Waals surface area contributed by atoms with Crippen LogP contribution in [0.3, 0.4) is 0 Å². The van der Waals surface area contributed by atoms with E-state index >= 15 is 0 Å². The zero-order chi connectivity index (χ0) is 14.3. The summed E-state index contributed by atoms with van der Waals surface area (Å²) in [6, 6.07) is 0. The Balaban J connectivity index is 2.14. The molecule has 106 valence electrons. The minimum Gasteiger partial charge on any atom is -0.481 e. The highest BCUT2D eigenvalue weighted by Crippen LogP contribution is 2.33. The molecule has 0 spiro atoms. The van der Waals surface area contributed by atoms with E-state index in [9.17, 15) is 9.59 Å². The number of nitrogens with zero attached hydrogens (tertiary/aromatic N) is 2. The number of aromatic nitrogens is 2. The summed E-state index contributed by atoms with van der Waals surface area (Å²) in [5, 5.41) is 9.52. The molecule has 2 aromatic rings. The maximum Gasteiger partial charge on any atom is 0.303 e. The molecule has 0 amide bonds. The van der Waals surface area contributed by atoms with E-state index in [1.807, 2.05) is 0 Å². The fraction of sp³-hybridized carbons (Fsp3) is 0.500. The van der Waals surface area contributed by atoms with Crippen molar-refractivity contribution in [3.05, 3.63) is 26.6 Å². The van der Waals surface area contributed by atoms with E-state index in [-0.39, 0.29) is 12.0 Å². The van der Waals surface area contributed by atoms with Gasteiger partial charge < -0.3 is 5.11 Å². The van der Waals surface area contributed by atoms with Gasteiger partial charge in [0.15, 0.2) is 0 Å². The van der Waals surface area contributed by atoms with Crippen LogP contribution in [0.2, 0.25) is 0 Å². The Labute approximate surface area is 119 Å². The van der Waals surface area contributed by atoms with E-state index in [2.05, 4.69) is 4.98 Å². The molecule has 0 saturated carbocycles. The minimum absolute atomic E-state index is 0.00310. The number of hydrogen-bond donors (Lipinski definition) is 1. The lowest BCUT2D eigenvalue weighted by molar-refractivity contribution is -0.137. The summed E-state index contributed by atoms with van der Waals surface area (Å²) in [7, 11) is 1.68. The number of carbonyl (C=O) groups is 1. The van der Waals surface area contributed by atoms with Gasteiger partial charge in [-0.15, -0.1) is 11.3 Å². The van der Waals surface area contributed by atoms with Gasteiger partial charge in [-0.1, -0.05) is 0 Å². The zero-order valence-corrected chi connectivity index (χ0v) is 12.1. The van der Waals surface area contributed by atoms with Crippen molar-refractivity contribution >= 4 is 27.5 Å². The largest absolute Gasteiger partial charge is 0.481 e. The molecule has 1 aliphatic carbocycles. The van der Waals surface area contributed by atoms with Crippen molar-refractivity contribution in [2.24, 2.45) is 7.05 Å². The van der Waals surface area contributed by atoms with Crippen molar-refractivity contribution < 1.29 is 9.90 Å². The van der Waals surface area contributed by atoms with Gasteiger partial charge in [-0.05, 0) is 31.2 Å². The van der Waals surface area contributed by atoms with Crippen LogP contribution in [-0.2, 0) is 31.1 Å². The van der Waals surface area contributed by atoms with Gasteiger partial charge in [-0.3, -0.25) is 14.2 Å². The van der Waals surface area contributed by atoms with E-state index < -0.39 is 5.97 Å². The van der Waals surface area contributed by atoms with Crippen LogP contribution in [0.15, 0.2) is 4.79 Å². The average molecular weight is 292 g/mol. The fourth-order valence-corrected chi connectivity index (χ4v) is 4.04. The van der Waals surface area contributed by atoms with Gasteiger partial charge in [0.2, 0.25) is 0 Å². The lowest BCUT2D eigenvalue weighted by atomic mass is 9.97. The second-order valence-electron chi connectivity index (χ2n) is 5.18. The molecule has 0 aromatic carbocycles. The van der Waals surface area contributed by atoms with Gasteiger partial charge in [-0.25, -0.2) is 4.98 Å². The normalized spacial score (nSPS) is 14.4. The van der Waals surface area contributed by atoms with Crippen LogP contribution in [0, 0.1) is 0 Å². The van der Waals surface area contributed by atoms with Gasteiger partial charge >= 0.3 is 5.97 Å². The molecule has 0 aliphatic heterocycles. The summed E-state index contributed by atoms with van der Waals surface area (Å²) < 4.78 is 1.51. The van der Waals surface area contributed by atoms with E-state index in [0.717, 1.165) is 29.5 Å². The summed E-state index contributed by atoms with van der Waals surface area (Å²) in [6.45, 7) is 0. The number of fused-ring (bicyclic) bond motifs is 3. The molecule has 2 aromatic heterocycles. The van der Waals surface area contributed by atoms with Gasteiger partial charge in [-0.2, -0.15) is 0 Å². The molecule has 0 unspecified atom stereocenters. The predicted octanol–water partition coefficient (Wildman–Crippen LogP) is 1.89. The Morgan fingerprint density at radius 1 is 1.40 bits per heavy atom. The van der Waals surface area contributed by atoms with Gasteiger partial charge in [0, 0.05) is 18.3 Å². The standard InChI is InChI=1S/C14H16N2O3S/c1-16-10(6-7-11(17)18)15-13-12(14(16)19)8-4-2-3-5-9(8)20-13/h2-7H2,1H3,(H,17,18). The Morgan fingerprint density at radius 3 is 2.90 bits per heavy atom. The summed E-state index contributed by atoms with van der Waals surface area (Å²) in [4.78, 5) is 29.8. The molecule has 0 bridgehead atoms. The number of carboxylic acid groups (broad SMARTS) is 1. The molecular weight excluding hydrogens is 276 g/mol. The zero-order valence-electron chi connectivity index (χ0n) is 11.3. The van der Waals surface area contributed by atoms with E-state index in [4.69, 9.17) is 5.11 Å². The third kappa shape index (κ3) is 2.14. The monoisotopic (exact) mass is 292 g/mol. The first-order valence-corrected chi connectivity index (χ1v) is 7.61. The van der Waals surface area contributed by atoms with Crippen molar-refractivity contribution in [3.63, 3.8) is 0 Å². The number of rotatable bonds is 3. The number of thiophene rings is 1. The molecule has 0 atom stereocenters. The van der Waals surface area contributed by atoms with E-state index in [1.54, 1.807) is 18.4 Å². The van der Waals surface area contributed by atoms with Crippen molar-refractivity contribution in [3.8, 4) is 0 Å². The average Bonchev–Trinajstić information content (AvgIpc) is 2.79. The molecular formula is C14H16N2O3S. The molecule has 0 fully saturated rings. The lowest BCUT2D eigenvalue weighted by Gasteiger charge is -2.10. The first-order chi connectivity index (χ1) is 9.58. The van der Waals surface area contributed by atoms with Gasteiger partial charge in [0.1, 0.15) is 10.7 Å². The topological polar surface area (TPSA) is 72.2 Å². The number of aryl methyl sites for hydroxylation is 3. The second-order valence-corrected chi connectivity index (χ2v) is 6.26. The summed E-state index contributed by atoms with van der Waals surface area (Å²) in [5.74, 6) is -0.312. The molecule has 2 heterocycles. The summed E-state index contributed by atoms with van der Waals surface area (Å²) >= 11 is 1.60. The van der Waals surface area contributed by atoms with Crippen molar-refractivity contribution in [2.75, 3.05) is 0 Å². The van der Waals surface area contributed by atoms with Crippen LogP contribution in [-0.4, -0.2) is 20.6 Å². The number of carboxylic acids is 1. The van der Waals surface area contributed by atoms with Crippen molar-refractivity contribution in [1.82, 2.24) is 9.55 Å². The maximum absolute atomic E-state index is 12.5. The number of hydrogen-bond acceptors (Lipinski definition) is 4. The van der Waals surface area contributed by atoms with Crippen LogP contribution in [0.1, 0.15) is 35.5 Å². The van der Waals surface area contributed by atoms with Crippen LogP contribution >= 0.6 is 11.3 Å². The molecule has 1 N–H and O–H groups in total. The molecule has 5 nitrogen and oxygen atoms in total. The smallest absolute Gasteiger partial charge is 0.303 e. The molecule has 6 heteroatoms. The number of aliphatic carboxylic acids is 1. The highest BCUT2D eigenvalue weighted by molar-refractivity contribution is 7.18. The van der Waals surface area contributed by atoms with Crippen molar-refractivity contribution in [2.45, 2.75) is 38.5 Å². The van der Waals surface area contributed by atoms with Crippen molar-refractivity contribution in [1.29, 1.82) is 0 Å². The SMILES string of the molecule is Cn1c(CCC(=O)O)nc2sc3c(c2c1=O)CCCC3. The van der Waals surface area contributed by atoms with Gasteiger partial charge in [0.05, 0.1) is 11.8 Å². The van der Waals surface area contributed by atoms with Gasteiger partial charge in [0.25, 0.3) is 5.56 Å². The molecule has 20 heavy (non-hydrogen) atoms. The van der Waals surface area contributed by atoms with E-state index in [1.165, 1.54) is 21.4 Å². The third-order valence-corrected chi connectivity index (χ3v) is 5.04. The lowest BCUT2D eigenvalue weighted by Crippen LogP contribution is -2.23. The Morgan fingerprint density at radius 2 is 2.15 bits per heavy atom.